The summed E-state index contributed by atoms with van der Waals surface area (Å²) < 4.78 is 5.60. The Kier molecular flexibility index (Phi) is 7.46. The molecule has 2 aromatic carbocycles. The highest BCUT2D eigenvalue weighted by Crippen LogP contribution is 2.15. The molecule has 1 amide bonds. The first-order valence-electron chi connectivity index (χ1n) is 10.0. The lowest BCUT2D eigenvalue weighted by Gasteiger charge is -2.32. The molecule has 1 aliphatic heterocycles. The molecule has 28 heavy (non-hydrogen) atoms. The summed E-state index contributed by atoms with van der Waals surface area (Å²) in [5.41, 5.74) is 2.48. The van der Waals surface area contributed by atoms with Crippen LogP contribution in [0.2, 0.25) is 0 Å². The number of benzene rings is 2. The van der Waals surface area contributed by atoms with Crippen LogP contribution in [-0.4, -0.2) is 52.8 Å². The average molecular weight is 383 g/mol. The van der Waals surface area contributed by atoms with Gasteiger partial charge in [0.15, 0.2) is 0 Å². The van der Waals surface area contributed by atoms with Crippen molar-refractivity contribution in [2.24, 2.45) is 0 Å². The molecule has 1 unspecified atom stereocenters. The summed E-state index contributed by atoms with van der Waals surface area (Å²) in [6, 6.07) is 20.8. The first-order chi connectivity index (χ1) is 13.6. The number of rotatable bonds is 7. The lowest BCUT2D eigenvalue weighted by Crippen LogP contribution is -2.42. The van der Waals surface area contributed by atoms with Crippen molar-refractivity contribution < 1.29 is 14.6 Å². The number of amides is 1. The SMILES string of the molecule is CC(COC(=O)N1CCC(O)CC1)N(Cc1ccccc1)Cc1ccccc1. The molecule has 5 nitrogen and oxygen atoms in total. The summed E-state index contributed by atoms with van der Waals surface area (Å²) in [6.07, 6.45) is 0.672. The van der Waals surface area contributed by atoms with Gasteiger partial charge >= 0.3 is 6.09 Å². The molecule has 3 rings (SSSR count). The fourth-order valence-electron chi connectivity index (χ4n) is 3.44. The number of aliphatic hydroxyl groups excluding tert-OH is 1. The molecule has 1 heterocycles. The second-order valence-corrected chi connectivity index (χ2v) is 7.52. The van der Waals surface area contributed by atoms with E-state index < -0.39 is 0 Å². The molecule has 0 aliphatic carbocycles. The zero-order valence-corrected chi connectivity index (χ0v) is 16.5. The van der Waals surface area contributed by atoms with E-state index in [9.17, 15) is 9.90 Å². The molecule has 1 atom stereocenters. The second kappa shape index (κ2) is 10.2. The summed E-state index contributed by atoms with van der Waals surface area (Å²) in [5, 5.41) is 9.59. The zero-order valence-electron chi connectivity index (χ0n) is 16.5. The number of likely N-dealkylation sites (tertiary alicyclic amines) is 1. The Morgan fingerprint density at radius 1 is 1.04 bits per heavy atom. The van der Waals surface area contributed by atoms with Gasteiger partial charge in [-0.05, 0) is 30.9 Å². The third-order valence-electron chi connectivity index (χ3n) is 5.25. The highest BCUT2D eigenvalue weighted by atomic mass is 16.6. The highest BCUT2D eigenvalue weighted by Gasteiger charge is 2.24. The number of hydrogen-bond donors (Lipinski definition) is 1. The smallest absolute Gasteiger partial charge is 0.409 e. The van der Waals surface area contributed by atoms with Gasteiger partial charge in [0.1, 0.15) is 6.61 Å². The number of carbonyl (C=O) groups excluding carboxylic acids is 1. The predicted octanol–water partition coefficient (Wildman–Crippen LogP) is 3.67. The van der Waals surface area contributed by atoms with Crippen molar-refractivity contribution in [2.45, 2.75) is 45.0 Å². The Morgan fingerprint density at radius 2 is 1.54 bits per heavy atom. The predicted molar refractivity (Wildman–Crippen MR) is 110 cm³/mol. The molecule has 1 fully saturated rings. The molecule has 0 bridgehead atoms. The number of ether oxygens (including phenoxy) is 1. The molecule has 1 N–H and O–H groups in total. The van der Waals surface area contributed by atoms with Gasteiger partial charge in [-0.1, -0.05) is 60.7 Å². The van der Waals surface area contributed by atoms with E-state index in [0.29, 0.717) is 32.5 Å². The van der Waals surface area contributed by atoms with Crippen LogP contribution in [0, 0.1) is 0 Å². The van der Waals surface area contributed by atoms with Crippen molar-refractivity contribution in [3.63, 3.8) is 0 Å². The maximum Gasteiger partial charge on any atom is 0.409 e. The lowest BCUT2D eigenvalue weighted by molar-refractivity contribution is 0.0416. The molecule has 0 aromatic heterocycles. The molecule has 5 heteroatoms. The standard InChI is InChI=1S/C23H30N2O3/c1-19(18-28-23(27)24-14-12-22(26)13-15-24)25(16-20-8-4-2-5-9-20)17-21-10-6-3-7-11-21/h2-11,19,22,26H,12-18H2,1H3. The van der Waals surface area contributed by atoms with Gasteiger partial charge in [0.2, 0.25) is 0 Å². The molecular formula is C23H30N2O3. The van der Waals surface area contributed by atoms with Gasteiger partial charge in [0, 0.05) is 32.2 Å². The maximum absolute atomic E-state index is 12.4. The van der Waals surface area contributed by atoms with E-state index in [1.54, 1.807) is 4.90 Å². The number of piperidine rings is 1. The number of nitrogens with zero attached hydrogens (tertiary/aromatic N) is 2. The molecule has 150 valence electrons. The summed E-state index contributed by atoms with van der Waals surface area (Å²) in [4.78, 5) is 16.4. The van der Waals surface area contributed by atoms with E-state index in [2.05, 4.69) is 36.1 Å². The minimum absolute atomic E-state index is 0.0831. The van der Waals surface area contributed by atoms with Gasteiger partial charge in [0.25, 0.3) is 0 Å². The molecule has 2 aromatic rings. The van der Waals surface area contributed by atoms with Crippen molar-refractivity contribution in [3.8, 4) is 0 Å². The Hall–Kier alpha value is -2.37. The van der Waals surface area contributed by atoms with Crippen LogP contribution in [0.1, 0.15) is 30.9 Å². The quantitative estimate of drug-likeness (QED) is 0.794. The van der Waals surface area contributed by atoms with Crippen molar-refractivity contribution in [3.05, 3.63) is 71.8 Å². The van der Waals surface area contributed by atoms with Crippen LogP contribution in [0.15, 0.2) is 60.7 Å². The summed E-state index contributed by atoms with van der Waals surface area (Å²) >= 11 is 0. The number of carbonyl (C=O) groups is 1. The molecule has 1 saturated heterocycles. The average Bonchev–Trinajstić information content (AvgIpc) is 2.73. The van der Waals surface area contributed by atoms with E-state index in [0.717, 1.165) is 13.1 Å². The fourth-order valence-corrected chi connectivity index (χ4v) is 3.44. The summed E-state index contributed by atoms with van der Waals surface area (Å²) in [7, 11) is 0. The number of hydrogen-bond acceptors (Lipinski definition) is 4. The van der Waals surface area contributed by atoms with Gasteiger partial charge in [-0.15, -0.1) is 0 Å². The molecule has 1 aliphatic rings. The molecule has 0 spiro atoms. The normalized spacial score (nSPS) is 16.2. The first kappa shape index (κ1) is 20.4. The van der Waals surface area contributed by atoms with E-state index in [4.69, 9.17) is 4.74 Å². The first-order valence-corrected chi connectivity index (χ1v) is 10.0. The van der Waals surface area contributed by atoms with Gasteiger partial charge < -0.3 is 14.7 Å². The Morgan fingerprint density at radius 3 is 2.04 bits per heavy atom. The highest BCUT2D eigenvalue weighted by molar-refractivity contribution is 5.67. The topological polar surface area (TPSA) is 53.0 Å². The molecule has 0 radical (unpaired) electrons. The maximum atomic E-state index is 12.4. The minimum Gasteiger partial charge on any atom is -0.448 e. The third-order valence-corrected chi connectivity index (χ3v) is 5.25. The monoisotopic (exact) mass is 382 g/mol. The lowest BCUT2D eigenvalue weighted by atomic mass is 10.1. The van der Waals surface area contributed by atoms with Crippen LogP contribution in [0.4, 0.5) is 4.79 Å². The fraction of sp³-hybridized carbons (Fsp3) is 0.435. The van der Waals surface area contributed by atoms with Gasteiger partial charge in [-0.3, -0.25) is 4.90 Å². The number of aliphatic hydroxyl groups is 1. The summed E-state index contributed by atoms with van der Waals surface area (Å²) in [6.45, 7) is 5.16. The van der Waals surface area contributed by atoms with Crippen molar-refractivity contribution >= 4 is 6.09 Å². The van der Waals surface area contributed by atoms with Gasteiger partial charge in [-0.2, -0.15) is 0 Å². The van der Waals surface area contributed by atoms with Crippen LogP contribution < -0.4 is 0 Å². The van der Waals surface area contributed by atoms with Crippen molar-refractivity contribution in [1.29, 1.82) is 0 Å². The Balaban J connectivity index is 1.59. The third kappa shape index (κ3) is 6.08. The van der Waals surface area contributed by atoms with E-state index >= 15 is 0 Å². The van der Waals surface area contributed by atoms with Gasteiger partial charge in [0.05, 0.1) is 6.10 Å². The molecular weight excluding hydrogens is 352 g/mol. The summed E-state index contributed by atoms with van der Waals surface area (Å²) in [5.74, 6) is 0. The second-order valence-electron chi connectivity index (χ2n) is 7.52. The molecule has 0 saturated carbocycles. The van der Waals surface area contributed by atoms with E-state index in [1.807, 2.05) is 36.4 Å². The van der Waals surface area contributed by atoms with Gasteiger partial charge in [-0.25, -0.2) is 4.79 Å². The van der Waals surface area contributed by atoms with E-state index in [1.165, 1.54) is 11.1 Å². The van der Waals surface area contributed by atoms with E-state index in [-0.39, 0.29) is 18.2 Å². The Labute approximate surface area is 167 Å². The van der Waals surface area contributed by atoms with Crippen LogP contribution in [0.5, 0.6) is 0 Å². The van der Waals surface area contributed by atoms with Crippen LogP contribution in [0.3, 0.4) is 0 Å². The van der Waals surface area contributed by atoms with Crippen LogP contribution in [-0.2, 0) is 17.8 Å². The van der Waals surface area contributed by atoms with Crippen molar-refractivity contribution in [1.82, 2.24) is 9.80 Å². The Bertz CT molecular complexity index is 674. The van der Waals surface area contributed by atoms with Crippen LogP contribution in [0.25, 0.3) is 0 Å². The zero-order chi connectivity index (χ0) is 19.8. The largest absolute Gasteiger partial charge is 0.448 e. The van der Waals surface area contributed by atoms with Crippen molar-refractivity contribution in [2.75, 3.05) is 19.7 Å². The van der Waals surface area contributed by atoms with Crippen LogP contribution >= 0.6 is 0 Å². The minimum atomic E-state index is -0.296.